The summed E-state index contributed by atoms with van der Waals surface area (Å²) < 4.78 is 69.0. The Kier molecular flexibility index (Phi) is 62.4. The van der Waals surface area contributed by atoms with E-state index in [4.69, 9.17) is 32.9 Å². The maximum absolute atomic E-state index is 10.5. The number of nitrogens with zero attached hydrogens (tertiary/aromatic N) is 10. The van der Waals surface area contributed by atoms with Crippen LogP contribution in [0.15, 0.2) is 105 Å². The van der Waals surface area contributed by atoms with Gasteiger partial charge in [0.1, 0.15) is 12.7 Å². The fourth-order valence-corrected chi connectivity index (χ4v) is 18.9. The predicted octanol–water partition coefficient (Wildman–Crippen LogP) is 16.5. The fourth-order valence-electron chi connectivity index (χ4n) is 10.3. The summed E-state index contributed by atoms with van der Waals surface area (Å²) in [6.07, 6.45) is 26.4. The quantitative estimate of drug-likeness (QED) is 0.0122. The Morgan fingerprint density at radius 3 is 1.58 bits per heavy atom. The zero-order chi connectivity index (χ0) is 86.8. The van der Waals surface area contributed by atoms with Gasteiger partial charge in [-0.05, 0) is 210 Å². The second-order valence-corrected chi connectivity index (χ2v) is 72.4. The van der Waals surface area contributed by atoms with Crippen molar-refractivity contribution >= 4 is 73.6 Å². The molecule has 0 spiro atoms. The number of aliphatic hydroxyl groups is 1. The van der Waals surface area contributed by atoms with E-state index in [0.29, 0.717) is 39.3 Å². The van der Waals surface area contributed by atoms with E-state index in [1.807, 2.05) is 80.5 Å². The molecule has 0 aliphatic carbocycles. The normalized spacial score (nSPS) is 12.4. The van der Waals surface area contributed by atoms with Gasteiger partial charge in [0.15, 0.2) is 33.3 Å². The molecule has 5 aromatic heterocycles. The van der Waals surface area contributed by atoms with Gasteiger partial charge < -0.3 is 67.2 Å². The lowest BCUT2D eigenvalue weighted by molar-refractivity contribution is -0.890. The number of carbonyl (C=O) groups excluding carboxylic acids is 1. The molecule has 0 saturated carbocycles. The number of aliphatic hydroxyl groups excluding tert-OH is 1. The van der Waals surface area contributed by atoms with Gasteiger partial charge in [-0.1, -0.05) is 103 Å². The number of aromatic nitrogens is 8. The van der Waals surface area contributed by atoms with Crippen molar-refractivity contribution in [2.24, 2.45) is 5.73 Å². The molecule has 0 aliphatic heterocycles. The molecule has 656 valence electrons. The van der Waals surface area contributed by atoms with Crippen molar-refractivity contribution in [3.8, 4) is 0 Å². The number of amides is 2. The number of urea groups is 1. The third kappa shape index (κ3) is 77.8. The van der Waals surface area contributed by atoms with Crippen molar-refractivity contribution < 1.29 is 54.5 Å². The van der Waals surface area contributed by atoms with Crippen LogP contribution in [-0.4, -0.2) is 256 Å². The number of methoxy groups -OCH3 is 1. The molecule has 5 N–H and O–H groups in total. The zero-order valence-electron chi connectivity index (χ0n) is 76.6. The number of pyridine rings is 3. The highest BCUT2D eigenvalue weighted by Gasteiger charge is 2.25. The number of imidazole rings is 1. The van der Waals surface area contributed by atoms with Crippen LogP contribution in [0.2, 0.25) is 154 Å². The van der Waals surface area contributed by atoms with E-state index in [2.05, 4.69) is 227 Å². The summed E-state index contributed by atoms with van der Waals surface area (Å²) in [6, 6.07) is 24.4. The van der Waals surface area contributed by atoms with Gasteiger partial charge in [-0.2, -0.15) is 5.10 Å². The largest absolute Gasteiger partial charge is 0.748 e. The summed E-state index contributed by atoms with van der Waals surface area (Å²) >= 11 is 0. The molecule has 0 bridgehead atoms. The van der Waals surface area contributed by atoms with Gasteiger partial charge in [-0.3, -0.25) is 19.6 Å². The lowest BCUT2D eigenvalue weighted by Gasteiger charge is -2.31. The highest BCUT2D eigenvalue weighted by atomic mass is 32.2. The first-order valence-electron chi connectivity index (χ1n) is 41.1. The first-order valence-corrected chi connectivity index (χ1v) is 66.3. The topological polar surface area (TPSA) is 290 Å². The predicted molar refractivity (Wildman–Crippen MR) is 492 cm³/mol. The Morgan fingerprint density at radius 1 is 0.611 bits per heavy atom. The summed E-state index contributed by atoms with van der Waals surface area (Å²) in [5, 5.41) is 19.6. The number of nitrogens with one attached hydrogen (secondary N) is 2. The number of rotatable bonds is 47. The van der Waals surface area contributed by atoms with Gasteiger partial charge >= 0.3 is 6.03 Å². The van der Waals surface area contributed by atoms with E-state index in [1.54, 1.807) is 40.2 Å². The van der Waals surface area contributed by atoms with Crippen LogP contribution in [0.4, 0.5) is 4.79 Å². The Bertz CT molecular complexity index is 3070. The van der Waals surface area contributed by atoms with Crippen LogP contribution in [0.1, 0.15) is 96.0 Å². The Balaban J connectivity index is -0.00000123. The third-order valence-corrected chi connectivity index (χ3v) is 35.8. The maximum Gasteiger partial charge on any atom is 0.312 e. The van der Waals surface area contributed by atoms with E-state index in [9.17, 15) is 22.9 Å². The standard InChI is InChI=1S/C16H28N2O3.C11H27NO4SSi.C10H25NOSi.2C10H17NSi.C9H18N2Si.C8H17N3OSi.C7H18N2O2Si/c1-16(2,20-3)8-6-10-21-13-15(19)12-17-11-14-7-4-5-9-18-14;1-12(2,8-6-10-17(13,14)15)9-7-11-18(4,5)16-3;1-6-11(7-2)9-8-10-13(4,5)12-3;1-12(2,3)9-6-10-4-7-11-8-5-10;1-12(2,3)9-7-10-6-4-5-8-11-10;1-12(2,3)8-4-6-11-7-5-10-9-11;1-12-13(2,3)6-4-5-11-8-9-7-10-11;1-11-12(2,3)6-4-5-9-7(8)10/h4-5,7,9,15,17,19H,6,8,10-13H2,1-3H3;6-11H2,1-5H3;6-10H2,1-5H3;4-5,7-8H,6,9H2,1-3H3;4-6,8H,7,9H2,1-3H3;5,7,9H,4,6,8H2,1-3H3;7-8H,4-6H2,1-3H3;4-6H2,1-3H3,(H3,8,9,10). The number of carbonyl (C=O) groups is 1. The van der Waals surface area contributed by atoms with Crippen LogP contribution in [0.5, 0.6) is 0 Å². The van der Waals surface area contributed by atoms with Crippen molar-refractivity contribution in [1.82, 2.24) is 54.8 Å². The highest BCUT2D eigenvalue weighted by molar-refractivity contribution is 7.85. The molecule has 5 aromatic rings. The molecule has 113 heavy (non-hydrogen) atoms. The van der Waals surface area contributed by atoms with Crippen LogP contribution in [0, 0.1) is 0 Å². The lowest BCUT2D eigenvalue weighted by atomic mass is 10.0. The fraction of sp³-hybridized carbons (Fsp3) is 0.741. The van der Waals surface area contributed by atoms with Crippen molar-refractivity contribution in [1.29, 1.82) is 0 Å². The molecule has 5 rings (SSSR count). The summed E-state index contributed by atoms with van der Waals surface area (Å²) in [5.41, 5.74) is 8.42. The molecule has 0 fully saturated rings. The third-order valence-electron chi connectivity index (χ3n) is 19.0. The molecule has 5 heterocycles. The first-order chi connectivity index (χ1) is 52.4. The number of hydrogen-bond donors (Lipinski definition) is 4. The molecular weight excluding hydrogens is 1560 g/mol. The molecular formula is C81H167N13O11SSi7. The number of hydrogen-bond acceptors (Lipinski definition) is 19. The maximum atomic E-state index is 10.5. The summed E-state index contributed by atoms with van der Waals surface area (Å²) in [6.45, 7) is 58.1. The van der Waals surface area contributed by atoms with E-state index >= 15 is 0 Å². The molecule has 2 amide bonds. The number of quaternary nitrogens is 1. The molecule has 32 heteroatoms. The SMILES string of the molecule is CCN(CC)CCC[Si](C)(C)OC.COC(C)(C)CCCOCC(O)CNCc1ccccn1.CO[Si](C)(C)CCCNC(N)=O.CO[Si](C)(C)CCC[N+](C)(C)CCCS(=O)(=O)[O-].CO[Si](C)(C)CCCn1cncn1.C[Si](C)(C)CCCn1ccnc1.C[Si](C)(C)CCc1ccccn1.C[Si](C)(C)CCc1ccncc1. The van der Waals surface area contributed by atoms with Crippen LogP contribution in [0.25, 0.3) is 0 Å². The minimum Gasteiger partial charge on any atom is -0.748 e. The van der Waals surface area contributed by atoms with E-state index < -0.39 is 79.7 Å². The summed E-state index contributed by atoms with van der Waals surface area (Å²) in [5.74, 6) is -0.257. The van der Waals surface area contributed by atoms with Gasteiger partial charge in [0.2, 0.25) is 0 Å². The molecule has 1 unspecified atom stereocenters. The monoisotopic (exact) mass is 1730 g/mol. The van der Waals surface area contributed by atoms with E-state index in [1.165, 1.54) is 80.4 Å². The van der Waals surface area contributed by atoms with Gasteiger partial charge in [0, 0.05) is 154 Å². The second kappa shape index (κ2) is 62.3. The number of nitrogens with two attached hydrogens (primary N) is 1. The van der Waals surface area contributed by atoms with Crippen LogP contribution >= 0.6 is 0 Å². The van der Waals surface area contributed by atoms with Crippen molar-refractivity contribution in [3.05, 3.63) is 122 Å². The Morgan fingerprint density at radius 2 is 1.12 bits per heavy atom. The zero-order valence-corrected chi connectivity index (χ0v) is 84.4. The van der Waals surface area contributed by atoms with Crippen LogP contribution < -0.4 is 16.4 Å². The van der Waals surface area contributed by atoms with Gasteiger partial charge in [-0.15, -0.1) is 0 Å². The molecule has 0 aliphatic rings. The number of aryl methyl sites for hydroxylation is 4. The van der Waals surface area contributed by atoms with Crippen molar-refractivity contribution in [2.75, 3.05) is 114 Å². The Labute approximate surface area is 697 Å². The van der Waals surface area contributed by atoms with Crippen molar-refractivity contribution in [2.45, 2.75) is 277 Å². The average molecular weight is 1730 g/mol. The molecule has 24 nitrogen and oxygen atoms in total. The molecule has 0 aromatic carbocycles. The minimum absolute atomic E-state index is 0.105. The molecule has 0 radical (unpaired) electrons. The van der Waals surface area contributed by atoms with E-state index in [0.717, 1.165) is 87.0 Å². The van der Waals surface area contributed by atoms with Crippen LogP contribution in [-0.2, 0) is 69.8 Å². The smallest absolute Gasteiger partial charge is 0.312 e. The lowest BCUT2D eigenvalue weighted by Crippen LogP contribution is -2.42. The van der Waals surface area contributed by atoms with Gasteiger partial charge in [0.05, 0.1) is 67.6 Å². The van der Waals surface area contributed by atoms with E-state index in [-0.39, 0.29) is 11.4 Å². The number of primary amides is 1. The number of ether oxygens (including phenoxy) is 2. The second-order valence-electron chi connectivity index (χ2n) is 36.3. The molecule has 0 saturated heterocycles. The highest BCUT2D eigenvalue weighted by Crippen LogP contribution is 2.20. The minimum atomic E-state index is -4.07. The van der Waals surface area contributed by atoms with Gasteiger partial charge in [-0.25, -0.2) is 23.2 Å². The molecule has 1 atom stereocenters. The van der Waals surface area contributed by atoms with Gasteiger partial charge in [0.25, 0.3) is 0 Å². The average Bonchev–Trinajstić information content (AvgIpc) is 1.88. The summed E-state index contributed by atoms with van der Waals surface area (Å²) in [4.78, 5) is 33.2. The van der Waals surface area contributed by atoms with Crippen molar-refractivity contribution in [3.63, 3.8) is 0 Å². The van der Waals surface area contributed by atoms with Crippen LogP contribution in [0.3, 0.4) is 0 Å². The first kappa shape index (κ1) is 113. The summed E-state index contributed by atoms with van der Waals surface area (Å²) in [7, 11) is 0.791. The Hall–Kier alpha value is -3.90.